The molecule has 2 rings (SSSR count). The van der Waals surface area contributed by atoms with Crippen LogP contribution in [0.3, 0.4) is 0 Å². The van der Waals surface area contributed by atoms with Gasteiger partial charge in [-0.25, -0.2) is 0 Å². The van der Waals surface area contributed by atoms with Gasteiger partial charge in [-0.15, -0.1) is 24.0 Å². The van der Waals surface area contributed by atoms with Gasteiger partial charge in [0.25, 0.3) is 0 Å². The van der Waals surface area contributed by atoms with E-state index in [-0.39, 0.29) is 24.0 Å². The zero-order valence-electron chi connectivity index (χ0n) is 16.5. The Labute approximate surface area is 176 Å². The summed E-state index contributed by atoms with van der Waals surface area (Å²) in [4.78, 5) is 9.32. The van der Waals surface area contributed by atoms with Crippen LogP contribution >= 0.6 is 24.0 Å². The molecular weight excluding hydrogens is 439 g/mol. The molecule has 0 amide bonds. The van der Waals surface area contributed by atoms with Crippen molar-refractivity contribution in [3.05, 3.63) is 30.3 Å². The summed E-state index contributed by atoms with van der Waals surface area (Å²) >= 11 is 0. The first kappa shape index (κ1) is 23.0. The maximum Gasteiger partial charge on any atom is 0.193 e. The second-order valence-corrected chi connectivity index (χ2v) is 6.76. The summed E-state index contributed by atoms with van der Waals surface area (Å²) in [5, 5.41) is 3.42. The number of halogens is 1. The van der Waals surface area contributed by atoms with Gasteiger partial charge in [0.15, 0.2) is 5.96 Å². The Morgan fingerprint density at radius 3 is 2.50 bits per heavy atom. The molecule has 0 spiro atoms. The molecule has 1 N–H and O–H groups in total. The lowest BCUT2D eigenvalue weighted by molar-refractivity contribution is 0.0625. The molecule has 1 heterocycles. The summed E-state index contributed by atoms with van der Waals surface area (Å²) in [6, 6.07) is 10.5. The smallest absolute Gasteiger partial charge is 0.193 e. The molecule has 1 aromatic rings. The van der Waals surface area contributed by atoms with Gasteiger partial charge in [-0.3, -0.25) is 4.99 Å². The minimum Gasteiger partial charge on any atom is -0.381 e. The van der Waals surface area contributed by atoms with Gasteiger partial charge in [-0.05, 0) is 44.2 Å². The van der Waals surface area contributed by atoms with Gasteiger partial charge in [0, 0.05) is 52.6 Å². The number of hydrogen-bond donors (Lipinski definition) is 1. The highest BCUT2D eigenvalue weighted by molar-refractivity contribution is 14.0. The Morgan fingerprint density at radius 2 is 1.85 bits per heavy atom. The fraction of sp³-hybridized carbons (Fsp3) is 0.650. The third-order valence-electron chi connectivity index (χ3n) is 4.80. The summed E-state index contributed by atoms with van der Waals surface area (Å²) in [6.45, 7) is 7.61. The van der Waals surface area contributed by atoms with E-state index >= 15 is 0 Å². The van der Waals surface area contributed by atoms with E-state index in [0.29, 0.717) is 0 Å². The van der Waals surface area contributed by atoms with Crippen LogP contribution < -0.4 is 10.2 Å². The molecule has 0 aliphatic carbocycles. The Bertz CT molecular complexity index is 506. The highest BCUT2D eigenvalue weighted by Crippen LogP contribution is 2.18. The van der Waals surface area contributed by atoms with Gasteiger partial charge in [0.1, 0.15) is 0 Å². The number of hydrogen-bond acceptors (Lipinski definition) is 3. The molecule has 1 aliphatic rings. The predicted octanol–water partition coefficient (Wildman–Crippen LogP) is 3.45. The molecule has 0 saturated carbocycles. The number of ether oxygens (including phenoxy) is 1. The van der Waals surface area contributed by atoms with E-state index in [0.717, 1.165) is 51.3 Å². The Morgan fingerprint density at radius 1 is 1.15 bits per heavy atom. The summed E-state index contributed by atoms with van der Waals surface area (Å²) in [7, 11) is 4.26. The molecule has 1 aliphatic heterocycles. The third kappa shape index (κ3) is 8.12. The van der Waals surface area contributed by atoms with Crippen molar-refractivity contribution < 1.29 is 4.74 Å². The van der Waals surface area contributed by atoms with Gasteiger partial charge < -0.3 is 19.9 Å². The van der Waals surface area contributed by atoms with Crippen LogP contribution in [-0.4, -0.2) is 64.3 Å². The van der Waals surface area contributed by atoms with Crippen LogP contribution in [0.2, 0.25) is 0 Å². The lowest BCUT2D eigenvalue weighted by atomic mass is 9.96. The molecule has 148 valence electrons. The monoisotopic (exact) mass is 474 g/mol. The second-order valence-electron chi connectivity index (χ2n) is 6.76. The Kier molecular flexibility index (Phi) is 11.7. The van der Waals surface area contributed by atoms with Gasteiger partial charge in [0.2, 0.25) is 0 Å². The number of benzene rings is 1. The highest BCUT2D eigenvalue weighted by atomic mass is 127. The van der Waals surface area contributed by atoms with Crippen molar-refractivity contribution in [2.24, 2.45) is 10.9 Å². The summed E-state index contributed by atoms with van der Waals surface area (Å²) in [5.74, 6) is 1.80. The van der Waals surface area contributed by atoms with Crippen molar-refractivity contribution in [3.63, 3.8) is 0 Å². The van der Waals surface area contributed by atoms with Crippen molar-refractivity contribution in [2.45, 2.75) is 26.2 Å². The maximum absolute atomic E-state index is 5.45. The third-order valence-corrected chi connectivity index (χ3v) is 4.80. The quantitative estimate of drug-likeness (QED) is 0.356. The SMILES string of the molecule is CCNC(=NCCN(C)c1ccccc1)N(C)CCC1CCOCC1.I. The molecule has 5 nitrogen and oxygen atoms in total. The zero-order valence-corrected chi connectivity index (χ0v) is 18.8. The first-order valence-electron chi connectivity index (χ1n) is 9.54. The number of guanidine groups is 1. The number of likely N-dealkylation sites (N-methyl/N-ethyl adjacent to an activating group) is 1. The number of nitrogens with zero attached hydrogens (tertiary/aromatic N) is 3. The largest absolute Gasteiger partial charge is 0.381 e. The number of anilines is 1. The molecule has 6 heteroatoms. The first-order chi connectivity index (χ1) is 12.2. The molecule has 0 atom stereocenters. The Balaban J connectivity index is 0.00000338. The molecule has 0 radical (unpaired) electrons. The van der Waals surface area contributed by atoms with Gasteiger partial charge in [0.05, 0.1) is 6.54 Å². The molecule has 0 bridgehead atoms. The van der Waals surface area contributed by atoms with Crippen molar-refractivity contribution in [1.29, 1.82) is 0 Å². The summed E-state index contributed by atoms with van der Waals surface area (Å²) in [6.07, 6.45) is 3.61. The van der Waals surface area contributed by atoms with E-state index in [2.05, 4.69) is 60.4 Å². The van der Waals surface area contributed by atoms with Crippen LogP contribution in [0, 0.1) is 5.92 Å². The van der Waals surface area contributed by atoms with E-state index in [9.17, 15) is 0 Å². The first-order valence-corrected chi connectivity index (χ1v) is 9.54. The van der Waals surface area contributed by atoms with Crippen LogP contribution in [0.4, 0.5) is 5.69 Å². The van der Waals surface area contributed by atoms with E-state index in [1.54, 1.807) is 0 Å². The molecule has 0 aromatic heterocycles. The van der Waals surface area contributed by atoms with Gasteiger partial charge in [-0.1, -0.05) is 18.2 Å². The fourth-order valence-electron chi connectivity index (χ4n) is 3.10. The topological polar surface area (TPSA) is 40.1 Å². The predicted molar refractivity (Wildman–Crippen MR) is 122 cm³/mol. The molecule has 1 aromatic carbocycles. The van der Waals surface area contributed by atoms with Gasteiger partial charge in [-0.2, -0.15) is 0 Å². The molecular formula is C20H35IN4O. The van der Waals surface area contributed by atoms with E-state index in [4.69, 9.17) is 9.73 Å². The van der Waals surface area contributed by atoms with Crippen molar-refractivity contribution in [3.8, 4) is 0 Å². The average molecular weight is 474 g/mol. The standard InChI is InChI=1S/C20H34N4O.HI/c1-4-21-20(24(3)14-10-18-11-16-25-17-12-18)22-13-15-23(2)19-8-6-5-7-9-19;/h5-9,18H,4,10-17H2,1-3H3,(H,21,22);1H. The van der Waals surface area contributed by atoms with Crippen LogP contribution in [-0.2, 0) is 4.74 Å². The van der Waals surface area contributed by atoms with E-state index in [1.165, 1.54) is 24.9 Å². The lowest BCUT2D eigenvalue weighted by Gasteiger charge is -2.27. The summed E-state index contributed by atoms with van der Waals surface area (Å²) in [5.41, 5.74) is 1.23. The second kappa shape index (κ2) is 13.2. The maximum atomic E-state index is 5.45. The minimum absolute atomic E-state index is 0. The molecule has 26 heavy (non-hydrogen) atoms. The van der Waals surface area contributed by atoms with Crippen molar-refractivity contribution in [2.75, 3.05) is 58.4 Å². The normalized spacial score (nSPS) is 15.3. The molecule has 0 unspecified atom stereocenters. The van der Waals surface area contributed by atoms with Crippen molar-refractivity contribution >= 4 is 35.6 Å². The lowest BCUT2D eigenvalue weighted by Crippen LogP contribution is -2.40. The van der Waals surface area contributed by atoms with Crippen LogP contribution in [0.5, 0.6) is 0 Å². The number of aliphatic imine (C=N–C) groups is 1. The fourth-order valence-corrected chi connectivity index (χ4v) is 3.10. The Hall–Kier alpha value is -1.02. The minimum atomic E-state index is 0. The van der Waals surface area contributed by atoms with Crippen molar-refractivity contribution in [1.82, 2.24) is 10.2 Å². The van der Waals surface area contributed by atoms with Gasteiger partial charge >= 0.3 is 0 Å². The van der Waals surface area contributed by atoms with Crippen LogP contribution in [0.1, 0.15) is 26.2 Å². The molecule has 1 fully saturated rings. The number of nitrogens with one attached hydrogen (secondary N) is 1. The number of rotatable bonds is 8. The average Bonchev–Trinajstić information content (AvgIpc) is 2.67. The van der Waals surface area contributed by atoms with E-state index in [1.807, 2.05) is 6.07 Å². The zero-order chi connectivity index (χ0) is 17.9. The van der Waals surface area contributed by atoms with E-state index < -0.39 is 0 Å². The highest BCUT2D eigenvalue weighted by Gasteiger charge is 2.15. The summed E-state index contributed by atoms with van der Waals surface area (Å²) < 4.78 is 5.45. The van der Waals surface area contributed by atoms with Crippen LogP contribution in [0.25, 0.3) is 0 Å². The number of para-hydroxylation sites is 1. The molecule has 1 saturated heterocycles. The van der Waals surface area contributed by atoms with Crippen LogP contribution in [0.15, 0.2) is 35.3 Å².